The van der Waals surface area contributed by atoms with Crippen molar-refractivity contribution in [1.29, 1.82) is 0 Å². The Hall–Kier alpha value is -1.73. The maximum absolute atomic E-state index is 12.3. The van der Waals surface area contributed by atoms with E-state index in [9.17, 15) is 23.1 Å². The number of aldehydes is 1. The molecule has 2 rings (SSSR count). The molecule has 0 amide bonds. The van der Waals surface area contributed by atoms with E-state index in [-0.39, 0.29) is 23.3 Å². The van der Waals surface area contributed by atoms with Crippen LogP contribution in [0.2, 0.25) is 0 Å². The summed E-state index contributed by atoms with van der Waals surface area (Å²) in [7, 11) is -4.05. The minimum Gasteiger partial charge on any atom is -0.480 e. The number of rotatable bonds is 5. The van der Waals surface area contributed by atoms with Crippen LogP contribution in [0, 0.1) is 0 Å². The normalized spacial score (nSPS) is 17.8. The highest BCUT2D eigenvalue weighted by molar-refractivity contribution is 7.89. The Morgan fingerprint density at radius 2 is 1.85 bits per heavy atom. The third-order valence-electron chi connectivity index (χ3n) is 3.53. The lowest BCUT2D eigenvalue weighted by atomic mass is 10.0. The predicted molar refractivity (Wildman–Crippen MR) is 71.0 cm³/mol. The monoisotopic (exact) mass is 297 g/mol. The Bertz CT molecular complexity index is 632. The first-order valence-electron chi connectivity index (χ1n) is 6.23. The van der Waals surface area contributed by atoms with Crippen LogP contribution in [-0.4, -0.2) is 31.3 Å². The van der Waals surface area contributed by atoms with Crippen molar-refractivity contribution in [2.24, 2.45) is 0 Å². The average molecular weight is 297 g/mol. The van der Waals surface area contributed by atoms with Crippen molar-refractivity contribution in [3.63, 3.8) is 0 Å². The van der Waals surface area contributed by atoms with Crippen molar-refractivity contribution in [1.82, 2.24) is 4.72 Å². The maximum atomic E-state index is 12.3. The van der Waals surface area contributed by atoms with Gasteiger partial charge in [-0.3, -0.25) is 9.59 Å². The smallest absolute Gasteiger partial charge is 0.324 e. The molecule has 0 aromatic heterocycles. The summed E-state index contributed by atoms with van der Waals surface area (Å²) in [5.41, 5.74) is -1.45. The summed E-state index contributed by atoms with van der Waals surface area (Å²) in [4.78, 5) is 22.1. The fourth-order valence-electron chi connectivity index (χ4n) is 2.47. The molecule has 1 fully saturated rings. The Labute approximate surface area is 116 Å². The van der Waals surface area contributed by atoms with Gasteiger partial charge in [-0.25, -0.2) is 8.42 Å². The number of benzene rings is 1. The van der Waals surface area contributed by atoms with Crippen LogP contribution in [0.5, 0.6) is 0 Å². The molecule has 0 atom stereocenters. The molecule has 1 aliphatic rings. The molecule has 1 aliphatic carbocycles. The standard InChI is InChI=1S/C13H15NO5S/c15-9-10-5-1-2-6-11(10)20(18,19)14-13(12(16)17)7-3-4-8-13/h1-2,5-6,9,14H,3-4,7-8H2,(H,16,17). The molecular formula is C13H15NO5S. The highest BCUT2D eigenvalue weighted by Crippen LogP contribution is 2.31. The average Bonchev–Trinajstić information content (AvgIpc) is 2.88. The molecule has 0 spiro atoms. The van der Waals surface area contributed by atoms with Crippen molar-refractivity contribution >= 4 is 22.3 Å². The lowest BCUT2D eigenvalue weighted by Gasteiger charge is -2.25. The van der Waals surface area contributed by atoms with Gasteiger partial charge in [0.2, 0.25) is 10.0 Å². The van der Waals surface area contributed by atoms with Crippen LogP contribution in [0.4, 0.5) is 0 Å². The highest BCUT2D eigenvalue weighted by atomic mass is 32.2. The number of hydrogen-bond acceptors (Lipinski definition) is 4. The topological polar surface area (TPSA) is 101 Å². The summed E-state index contributed by atoms with van der Waals surface area (Å²) >= 11 is 0. The first-order chi connectivity index (χ1) is 9.41. The molecule has 1 saturated carbocycles. The second kappa shape index (κ2) is 5.34. The van der Waals surface area contributed by atoms with Crippen LogP contribution in [0.3, 0.4) is 0 Å². The van der Waals surface area contributed by atoms with Gasteiger partial charge in [0, 0.05) is 5.56 Å². The summed E-state index contributed by atoms with van der Waals surface area (Å²) in [6.07, 6.45) is 2.26. The molecule has 108 valence electrons. The molecule has 0 saturated heterocycles. The molecule has 1 aromatic rings. The van der Waals surface area contributed by atoms with E-state index in [0.29, 0.717) is 19.1 Å². The summed E-state index contributed by atoms with van der Waals surface area (Å²) in [6.45, 7) is 0. The van der Waals surface area contributed by atoms with Crippen LogP contribution in [0.1, 0.15) is 36.0 Å². The van der Waals surface area contributed by atoms with E-state index in [1.54, 1.807) is 6.07 Å². The van der Waals surface area contributed by atoms with E-state index in [1.807, 2.05) is 0 Å². The summed E-state index contributed by atoms with van der Waals surface area (Å²) in [5, 5.41) is 9.30. The third-order valence-corrected chi connectivity index (χ3v) is 5.14. The second-order valence-corrected chi connectivity index (χ2v) is 6.51. The minimum atomic E-state index is -4.05. The molecule has 7 heteroatoms. The van der Waals surface area contributed by atoms with Crippen molar-refractivity contribution in [2.75, 3.05) is 0 Å². The van der Waals surface area contributed by atoms with Crippen LogP contribution in [0.25, 0.3) is 0 Å². The SMILES string of the molecule is O=Cc1ccccc1S(=O)(=O)NC1(C(=O)O)CCCC1. The van der Waals surface area contributed by atoms with Crippen molar-refractivity contribution in [2.45, 2.75) is 36.1 Å². The van der Waals surface area contributed by atoms with Crippen molar-refractivity contribution < 1.29 is 23.1 Å². The third kappa shape index (κ3) is 2.59. The van der Waals surface area contributed by atoms with Gasteiger partial charge in [-0.05, 0) is 18.9 Å². The van der Waals surface area contributed by atoms with E-state index in [2.05, 4.69) is 4.72 Å². The van der Waals surface area contributed by atoms with Crippen LogP contribution < -0.4 is 4.72 Å². The minimum absolute atomic E-state index is 0.0125. The maximum Gasteiger partial charge on any atom is 0.324 e. The number of aliphatic carboxylic acids is 1. The van der Waals surface area contributed by atoms with E-state index in [0.717, 1.165) is 0 Å². The summed E-state index contributed by atoms with van der Waals surface area (Å²) in [6, 6.07) is 5.70. The Balaban J connectivity index is 2.40. The highest BCUT2D eigenvalue weighted by Gasteiger charge is 2.45. The zero-order valence-corrected chi connectivity index (χ0v) is 11.5. The zero-order chi connectivity index (χ0) is 14.8. The van der Waals surface area contributed by atoms with Crippen LogP contribution in [-0.2, 0) is 14.8 Å². The molecule has 0 heterocycles. The predicted octanol–water partition coefficient (Wildman–Crippen LogP) is 1.17. The number of carboxylic acid groups (broad SMARTS) is 1. The number of sulfonamides is 1. The summed E-state index contributed by atoms with van der Waals surface area (Å²) < 4.78 is 27.0. The molecule has 2 N–H and O–H groups in total. The molecule has 0 unspecified atom stereocenters. The van der Waals surface area contributed by atoms with E-state index in [4.69, 9.17) is 0 Å². The fourth-order valence-corrected chi connectivity index (χ4v) is 4.07. The zero-order valence-electron chi connectivity index (χ0n) is 10.7. The van der Waals surface area contributed by atoms with Crippen molar-refractivity contribution in [3.05, 3.63) is 29.8 Å². The Morgan fingerprint density at radius 3 is 2.40 bits per heavy atom. The van der Waals surface area contributed by atoms with E-state index in [1.165, 1.54) is 18.2 Å². The molecule has 0 bridgehead atoms. The number of carbonyl (C=O) groups excluding carboxylic acids is 1. The summed E-state index contributed by atoms with van der Waals surface area (Å²) in [5.74, 6) is -1.18. The van der Waals surface area contributed by atoms with Gasteiger partial charge < -0.3 is 5.11 Å². The molecule has 6 nitrogen and oxygen atoms in total. The van der Waals surface area contributed by atoms with Crippen molar-refractivity contribution in [3.8, 4) is 0 Å². The number of hydrogen-bond donors (Lipinski definition) is 2. The van der Waals surface area contributed by atoms with E-state index >= 15 is 0 Å². The largest absolute Gasteiger partial charge is 0.480 e. The first-order valence-corrected chi connectivity index (χ1v) is 7.71. The van der Waals surface area contributed by atoms with Gasteiger partial charge in [0.05, 0.1) is 4.90 Å². The van der Waals surface area contributed by atoms with Gasteiger partial charge >= 0.3 is 5.97 Å². The van der Waals surface area contributed by atoms with Gasteiger partial charge in [0.15, 0.2) is 6.29 Å². The Morgan fingerprint density at radius 1 is 1.25 bits per heavy atom. The Kier molecular flexibility index (Phi) is 3.92. The lowest BCUT2D eigenvalue weighted by molar-refractivity contribution is -0.143. The first kappa shape index (κ1) is 14.7. The number of nitrogens with one attached hydrogen (secondary N) is 1. The fraction of sp³-hybridized carbons (Fsp3) is 0.385. The van der Waals surface area contributed by atoms with Gasteiger partial charge in [-0.15, -0.1) is 0 Å². The van der Waals surface area contributed by atoms with Gasteiger partial charge in [-0.2, -0.15) is 4.72 Å². The molecule has 0 radical (unpaired) electrons. The molecular weight excluding hydrogens is 282 g/mol. The lowest BCUT2D eigenvalue weighted by Crippen LogP contribution is -2.52. The van der Waals surface area contributed by atoms with Crippen LogP contribution in [0.15, 0.2) is 29.2 Å². The quantitative estimate of drug-likeness (QED) is 0.795. The van der Waals surface area contributed by atoms with E-state index < -0.39 is 21.5 Å². The van der Waals surface area contributed by atoms with Gasteiger partial charge in [-0.1, -0.05) is 31.0 Å². The van der Waals surface area contributed by atoms with Crippen LogP contribution >= 0.6 is 0 Å². The second-order valence-electron chi connectivity index (χ2n) is 4.86. The molecule has 0 aliphatic heterocycles. The van der Waals surface area contributed by atoms with Gasteiger partial charge in [0.25, 0.3) is 0 Å². The number of carbonyl (C=O) groups is 2. The molecule has 1 aromatic carbocycles. The van der Waals surface area contributed by atoms with Gasteiger partial charge in [0.1, 0.15) is 5.54 Å². The molecule has 20 heavy (non-hydrogen) atoms. The number of carboxylic acids is 1.